The maximum absolute atomic E-state index is 15.4. The fraction of sp³-hybridized carbons (Fsp3) is 0.481. The number of benzene rings is 2. The highest BCUT2D eigenvalue weighted by atomic mass is 35.5. The number of hydrogen-bond acceptors (Lipinski definition) is 8. The number of halogens is 2. The molecule has 2 heterocycles. The van der Waals surface area contributed by atoms with Gasteiger partial charge in [-0.15, -0.1) is 0 Å². The second-order valence-electron chi connectivity index (χ2n) is 10.8. The number of fused-ring (bicyclic) bond motifs is 2. The van der Waals surface area contributed by atoms with E-state index < -0.39 is 29.5 Å². The largest absolute Gasteiger partial charge is 0.486 e. The van der Waals surface area contributed by atoms with Crippen molar-refractivity contribution < 1.29 is 32.9 Å². The summed E-state index contributed by atoms with van der Waals surface area (Å²) in [5.74, 6) is 0.274. The summed E-state index contributed by atoms with van der Waals surface area (Å²) in [5.41, 5.74) is -0.400. The second kappa shape index (κ2) is 10.6. The summed E-state index contributed by atoms with van der Waals surface area (Å²) in [6, 6.07) is 7.86. The third-order valence-electron chi connectivity index (χ3n) is 5.52. The molecule has 2 aliphatic heterocycles. The van der Waals surface area contributed by atoms with E-state index in [0.29, 0.717) is 36.0 Å². The van der Waals surface area contributed by atoms with Crippen LogP contribution in [0, 0.1) is 5.82 Å². The van der Waals surface area contributed by atoms with Crippen LogP contribution in [0.4, 0.5) is 20.6 Å². The summed E-state index contributed by atoms with van der Waals surface area (Å²) in [7, 11) is 1.48. The van der Waals surface area contributed by atoms with Crippen molar-refractivity contribution in [1.29, 1.82) is 0 Å². The van der Waals surface area contributed by atoms with Gasteiger partial charge in [0.05, 0.1) is 22.0 Å². The molecule has 0 fully saturated rings. The molecular weight excluding hydrogens is 517 g/mol. The zero-order valence-corrected chi connectivity index (χ0v) is 23.4. The summed E-state index contributed by atoms with van der Waals surface area (Å²) in [6.45, 7) is 11.8. The number of carbonyl (C=O) groups excluding carboxylic acids is 1. The van der Waals surface area contributed by atoms with Gasteiger partial charge < -0.3 is 28.6 Å². The molecule has 2 aromatic rings. The minimum Gasteiger partial charge on any atom is -0.486 e. The van der Waals surface area contributed by atoms with Crippen molar-refractivity contribution in [3.05, 3.63) is 46.7 Å². The van der Waals surface area contributed by atoms with Crippen LogP contribution in [0.2, 0.25) is 5.02 Å². The average molecular weight is 550 g/mol. The summed E-state index contributed by atoms with van der Waals surface area (Å²) >= 11 is 6.11. The fourth-order valence-electron chi connectivity index (χ4n) is 3.88. The quantitative estimate of drug-likeness (QED) is 0.465. The highest BCUT2D eigenvalue weighted by Gasteiger charge is 2.38. The Balaban J connectivity index is 1.93. The van der Waals surface area contributed by atoms with Crippen LogP contribution in [0.15, 0.2) is 35.3 Å². The number of methoxy groups -OCH3 is 1. The van der Waals surface area contributed by atoms with Crippen molar-refractivity contribution >= 4 is 34.9 Å². The first-order chi connectivity index (χ1) is 17.8. The molecule has 1 unspecified atom stereocenters. The monoisotopic (exact) mass is 549 g/mol. The van der Waals surface area contributed by atoms with Crippen LogP contribution in [-0.4, -0.2) is 56.5 Å². The lowest BCUT2D eigenvalue weighted by Gasteiger charge is -2.39. The standard InChI is InChI=1S/C27H33ClFN3O6/c1-26(2,3)37-15-31-19-14-21-20(35-11-12-36-21)13-16(19)23(30-24(31)34-7)32(25(33)38-27(4,5)6)18-10-8-9-17(28)22(18)29/h8-10,13-14,24H,11-12,15H2,1-7H3. The van der Waals surface area contributed by atoms with Crippen LogP contribution in [0.3, 0.4) is 0 Å². The van der Waals surface area contributed by atoms with Gasteiger partial charge in [-0.25, -0.2) is 19.1 Å². The van der Waals surface area contributed by atoms with Crippen LogP contribution in [-0.2, 0) is 14.2 Å². The van der Waals surface area contributed by atoms with Gasteiger partial charge in [0.25, 0.3) is 0 Å². The molecule has 1 amide bonds. The van der Waals surface area contributed by atoms with Crippen molar-refractivity contribution in [2.45, 2.75) is 59.1 Å². The lowest BCUT2D eigenvalue weighted by molar-refractivity contribution is -0.0217. The molecule has 2 aromatic carbocycles. The SMILES string of the molecule is COC1N=C(N(C(=O)OC(C)(C)C)c2cccc(Cl)c2F)c2cc3c(cc2N1COC(C)(C)C)OCCO3. The molecular formula is C27H33ClFN3O6. The topological polar surface area (TPSA) is 82.1 Å². The highest BCUT2D eigenvalue weighted by Crippen LogP contribution is 2.42. The lowest BCUT2D eigenvalue weighted by atomic mass is 10.1. The summed E-state index contributed by atoms with van der Waals surface area (Å²) in [5, 5.41) is -0.154. The van der Waals surface area contributed by atoms with Gasteiger partial charge in [-0.3, -0.25) is 0 Å². The van der Waals surface area contributed by atoms with Crippen LogP contribution in [0.25, 0.3) is 0 Å². The molecule has 0 aliphatic carbocycles. The zero-order chi connectivity index (χ0) is 27.8. The van der Waals surface area contributed by atoms with E-state index in [1.165, 1.54) is 19.2 Å². The van der Waals surface area contributed by atoms with Crippen LogP contribution in [0.1, 0.15) is 47.1 Å². The summed E-state index contributed by atoms with van der Waals surface area (Å²) < 4.78 is 44.5. The molecule has 38 heavy (non-hydrogen) atoms. The number of amides is 1. The van der Waals surface area contributed by atoms with Crippen LogP contribution < -0.4 is 19.3 Å². The smallest absolute Gasteiger partial charge is 0.420 e. The van der Waals surface area contributed by atoms with Gasteiger partial charge in [-0.05, 0) is 59.7 Å². The number of ether oxygens (including phenoxy) is 5. The Labute approximate surface area is 227 Å². The first kappa shape index (κ1) is 27.9. The van der Waals surface area contributed by atoms with Crippen LogP contribution in [0.5, 0.6) is 11.5 Å². The molecule has 0 saturated heterocycles. The Bertz CT molecular complexity index is 1240. The number of anilines is 2. The molecule has 206 valence electrons. The number of hydrogen-bond donors (Lipinski definition) is 0. The molecule has 4 rings (SSSR count). The maximum atomic E-state index is 15.4. The van der Waals surface area contributed by atoms with E-state index in [-0.39, 0.29) is 23.3 Å². The highest BCUT2D eigenvalue weighted by molar-refractivity contribution is 6.31. The molecule has 0 saturated carbocycles. The van der Waals surface area contributed by atoms with Gasteiger partial charge in [-0.1, -0.05) is 17.7 Å². The Morgan fingerprint density at radius 1 is 1.13 bits per heavy atom. The molecule has 0 radical (unpaired) electrons. The Kier molecular flexibility index (Phi) is 7.79. The van der Waals surface area contributed by atoms with E-state index in [1.54, 1.807) is 43.9 Å². The number of amidine groups is 1. The third-order valence-corrected chi connectivity index (χ3v) is 5.81. The van der Waals surface area contributed by atoms with E-state index in [1.807, 2.05) is 20.8 Å². The number of nitrogens with zero attached hydrogens (tertiary/aromatic N) is 3. The average Bonchev–Trinajstić information content (AvgIpc) is 2.82. The Hall–Kier alpha value is -3.08. The van der Waals surface area contributed by atoms with Crippen molar-refractivity contribution in [2.24, 2.45) is 4.99 Å². The maximum Gasteiger partial charge on any atom is 0.420 e. The molecule has 11 heteroatoms. The van der Waals surface area contributed by atoms with E-state index in [0.717, 1.165) is 4.90 Å². The molecule has 0 spiro atoms. The van der Waals surface area contributed by atoms with E-state index in [4.69, 9.17) is 40.3 Å². The number of aliphatic imine (C=N–C) groups is 1. The molecule has 9 nitrogen and oxygen atoms in total. The fourth-order valence-corrected chi connectivity index (χ4v) is 4.05. The summed E-state index contributed by atoms with van der Waals surface area (Å²) in [6.07, 6.45) is -1.76. The van der Waals surface area contributed by atoms with Gasteiger partial charge in [0, 0.05) is 18.7 Å². The zero-order valence-electron chi connectivity index (χ0n) is 22.6. The molecule has 2 aliphatic rings. The third kappa shape index (κ3) is 5.98. The first-order valence-corrected chi connectivity index (χ1v) is 12.6. The van der Waals surface area contributed by atoms with Crippen molar-refractivity contribution in [3.8, 4) is 11.5 Å². The minimum atomic E-state index is -0.922. The predicted octanol–water partition coefficient (Wildman–Crippen LogP) is 5.96. The number of carbonyl (C=O) groups is 1. The lowest BCUT2D eigenvalue weighted by Crippen LogP contribution is -2.49. The van der Waals surface area contributed by atoms with Crippen molar-refractivity contribution in [1.82, 2.24) is 0 Å². The van der Waals surface area contributed by atoms with Crippen LogP contribution >= 0.6 is 11.6 Å². The first-order valence-electron chi connectivity index (χ1n) is 12.2. The Morgan fingerprint density at radius 3 is 2.39 bits per heavy atom. The van der Waals surface area contributed by atoms with E-state index in [2.05, 4.69) is 0 Å². The van der Waals surface area contributed by atoms with Gasteiger partial charge >= 0.3 is 6.09 Å². The molecule has 1 atom stereocenters. The van der Waals surface area contributed by atoms with E-state index >= 15 is 4.39 Å². The molecule has 0 bridgehead atoms. The molecule has 0 N–H and O–H groups in total. The predicted molar refractivity (Wildman–Crippen MR) is 143 cm³/mol. The van der Waals surface area contributed by atoms with E-state index in [9.17, 15) is 4.79 Å². The van der Waals surface area contributed by atoms with Gasteiger partial charge in [0.15, 0.2) is 23.2 Å². The molecule has 0 aromatic heterocycles. The van der Waals surface area contributed by atoms with Gasteiger partial charge in [0.2, 0.25) is 6.35 Å². The van der Waals surface area contributed by atoms with Crippen molar-refractivity contribution in [2.75, 3.05) is 36.9 Å². The number of rotatable bonds is 4. The normalized spacial score (nSPS) is 17.0. The van der Waals surface area contributed by atoms with Gasteiger partial charge in [0.1, 0.15) is 25.5 Å². The summed E-state index contributed by atoms with van der Waals surface area (Å²) in [4.78, 5) is 21.2. The van der Waals surface area contributed by atoms with Crippen molar-refractivity contribution in [3.63, 3.8) is 0 Å². The van der Waals surface area contributed by atoms with Gasteiger partial charge in [-0.2, -0.15) is 0 Å². The second-order valence-corrected chi connectivity index (χ2v) is 11.2. The Morgan fingerprint density at radius 2 is 1.79 bits per heavy atom. The minimum absolute atomic E-state index is 0.0891.